The molecule has 0 spiro atoms. The van der Waals surface area contributed by atoms with Crippen LogP contribution >= 0.6 is 0 Å². The fraction of sp³-hybridized carbons (Fsp3) is 0.333. The highest BCUT2D eigenvalue weighted by molar-refractivity contribution is 7.89. The smallest absolute Gasteiger partial charge is 0.308 e. The van der Waals surface area contributed by atoms with Crippen LogP contribution in [0.15, 0.2) is 94.6 Å². The van der Waals surface area contributed by atoms with Crippen LogP contribution in [0.2, 0.25) is 0 Å². The lowest BCUT2D eigenvalue weighted by Gasteiger charge is -2.30. The molecule has 3 aromatic carbocycles. The minimum atomic E-state index is -3.84. The maximum Gasteiger partial charge on any atom is 0.324 e. The third kappa shape index (κ3) is 7.66. The summed E-state index contributed by atoms with van der Waals surface area (Å²) in [6.45, 7) is 9.06. The number of anilines is 2. The van der Waals surface area contributed by atoms with E-state index in [4.69, 9.17) is 9.73 Å². The van der Waals surface area contributed by atoms with Crippen LogP contribution in [0.1, 0.15) is 61.7 Å². The molecule has 2 aromatic heterocycles. The average molecular weight is 668 g/mol. The van der Waals surface area contributed by atoms with Crippen LogP contribution in [0, 0.1) is 12.8 Å². The lowest BCUT2D eigenvalue weighted by Crippen LogP contribution is -2.39. The maximum atomic E-state index is 13.5. The fourth-order valence-electron chi connectivity index (χ4n) is 5.88. The summed E-state index contributed by atoms with van der Waals surface area (Å²) >= 11 is 0. The number of sulfonamides is 1. The molecule has 0 unspecified atom stereocenters. The molecule has 0 aliphatic carbocycles. The number of aryl methyl sites for hydroxylation is 1. The molecule has 5 aromatic rings. The zero-order valence-corrected chi connectivity index (χ0v) is 28.5. The number of carbonyl (C=O) groups excluding carboxylic acids is 1. The third-order valence-electron chi connectivity index (χ3n) is 8.60. The van der Waals surface area contributed by atoms with Gasteiger partial charge in [-0.25, -0.2) is 22.5 Å². The summed E-state index contributed by atoms with van der Waals surface area (Å²) in [7, 11) is -3.84. The largest absolute Gasteiger partial charge is 0.324 e. The fourth-order valence-corrected chi connectivity index (χ4v) is 7.35. The van der Waals surface area contributed by atoms with Crippen molar-refractivity contribution in [2.75, 3.05) is 23.7 Å². The van der Waals surface area contributed by atoms with Gasteiger partial charge < -0.3 is 5.32 Å². The van der Waals surface area contributed by atoms with E-state index < -0.39 is 10.0 Å². The Labute approximate surface area is 281 Å². The van der Waals surface area contributed by atoms with E-state index in [1.807, 2.05) is 91.9 Å². The first-order valence-corrected chi connectivity index (χ1v) is 17.6. The zero-order chi connectivity index (χ0) is 33.9. The van der Waals surface area contributed by atoms with Crippen LogP contribution in [0.4, 0.5) is 16.3 Å². The van der Waals surface area contributed by atoms with Crippen LogP contribution in [0.3, 0.4) is 0 Å². The molecule has 0 bridgehead atoms. The number of aromatic nitrogens is 4. The van der Waals surface area contributed by atoms with Gasteiger partial charge in [0.05, 0.1) is 11.4 Å². The van der Waals surface area contributed by atoms with E-state index in [0.717, 1.165) is 34.5 Å². The molecular weight excluding hydrogens is 627 g/mol. The van der Waals surface area contributed by atoms with E-state index in [1.54, 1.807) is 4.68 Å². The quantitative estimate of drug-likeness (QED) is 0.178. The van der Waals surface area contributed by atoms with Crippen LogP contribution in [-0.4, -0.2) is 51.9 Å². The Morgan fingerprint density at radius 1 is 0.896 bits per heavy atom. The summed E-state index contributed by atoms with van der Waals surface area (Å²) in [5, 5.41) is 18.3. The van der Waals surface area contributed by atoms with E-state index in [-0.39, 0.29) is 16.5 Å². The van der Waals surface area contributed by atoms with Gasteiger partial charge in [0, 0.05) is 36.7 Å². The van der Waals surface area contributed by atoms with E-state index in [2.05, 4.69) is 41.7 Å². The van der Waals surface area contributed by atoms with Crippen molar-refractivity contribution in [2.24, 2.45) is 5.92 Å². The summed E-state index contributed by atoms with van der Waals surface area (Å²) in [5.41, 5.74) is 5.65. The van der Waals surface area contributed by atoms with E-state index in [0.29, 0.717) is 55.5 Å². The molecule has 2 N–H and O–H groups in total. The summed E-state index contributed by atoms with van der Waals surface area (Å²) in [5.74, 6) is 0.868. The molecule has 6 rings (SSSR count). The van der Waals surface area contributed by atoms with E-state index in [9.17, 15) is 13.2 Å². The van der Waals surface area contributed by atoms with Crippen LogP contribution in [-0.2, 0) is 28.3 Å². The van der Waals surface area contributed by atoms with Gasteiger partial charge >= 0.3 is 6.03 Å². The standard InChI is InChI=1S/C36H41N7O4S/c1-25-13-15-30(16-14-25)43-33(24-32(39-43)36(2,3)4)38-35(44)37-29-12-8-11-28(22-29)21-27-17-19-42(20-18-27)48(45,46)34-31(40-47-41-34)23-26-9-6-5-7-10-26/h5-16,22,24,27H,17-21,23H2,1-4H3,(H2,37,38,44). The molecule has 1 aliphatic heterocycles. The van der Waals surface area contributed by atoms with Crippen LogP contribution in [0.5, 0.6) is 0 Å². The highest BCUT2D eigenvalue weighted by atomic mass is 32.2. The second-order valence-electron chi connectivity index (χ2n) is 13.4. The Hall–Kier alpha value is -4.81. The Kier molecular flexibility index (Phi) is 9.47. The predicted octanol–water partition coefficient (Wildman–Crippen LogP) is 6.74. The summed E-state index contributed by atoms with van der Waals surface area (Å²) in [6.07, 6.45) is 2.50. The monoisotopic (exact) mass is 667 g/mol. The SMILES string of the molecule is Cc1ccc(-n2nc(C(C)(C)C)cc2NC(=O)Nc2cccc(CC3CCN(S(=O)(=O)c4nonc4Cc4ccccc4)CC3)c2)cc1. The number of benzene rings is 3. The molecular formula is C36H41N7O4S. The van der Waals surface area contributed by atoms with Gasteiger partial charge in [-0.1, -0.05) is 86.1 Å². The van der Waals surface area contributed by atoms with Gasteiger partial charge in [-0.15, -0.1) is 0 Å². The summed E-state index contributed by atoms with van der Waals surface area (Å²) < 4.78 is 35.1. The van der Waals surface area contributed by atoms with Crippen molar-refractivity contribution < 1.29 is 17.8 Å². The normalized spacial score (nSPS) is 14.6. The number of piperidine rings is 1. The number of rotatable bonds is 9. The topological polar surface area (TPSA) is 135 Å². The van der Waals surface area contributed by atoms with Crippen molar-refractivity contribution in [3.05, 3.63) is 113 Å². The molecule has 2 amide bonds. The first-order valence-electron chi connectivity index (χ1n) is 16.2. The number of nitrogens with one attached hydrogen (secondary N) is 2. The lowest BCUT2D eigenvalue weighted by atomic mass is 9.91. The van der Waals surface area contributed by atoms with Crippen molar-refractivity contribution in [3.63, 3.8) is 0 Å². The highest BCUT2D eigenvalue weighted by Crippen LogP contribution is 2.29. The van der Waals surface area contributed by atoms with Crippen molar-refractivity contribution in [2.45, 2.75) is 63.8 Å². The Balaban J connectivity index is 1.07. The van der Waals surface area contributed by atoms with Crippen molar-refractivity contribution in [1.29, 1.82) is 0 Å². The zero-order valence-electron chi connectivity index (χ0n) is 27.7. The van der Waals surface area contributed by atoms with Crippen LogP contribution < -0.4 is 10.6 Å². The van der Waals surface area contributed by atoms with Crippen molar-refractivity contribution in [1.82, 2.24) is 24.4 Å². The average Bonchev–Trinajstić information content (AvgIpc) is 3.70. The Morgan fingerprint density at radius 3 is 2.31 bits per heavy atom. The van der Waals surface area contributed by atoms with Crippen molar-refractivity contribution in [3.8, 4) is 5.69 Å². The Bertz CT molecular complexity index is 1970. The van der Waals surface area contributed by atoms with Gasteiger partial charge in [-0.3, -0.25) is 5.32 Å². The number of hydrogen-bond acceptors (Lipinski definition) is 7. The number of amides is 2. The van der Waals surface area contributed by atoms with Crippen LogP contribution in [0.25, 0.3) is 5.69 Å². The molecule has 0 saturated carbocycles. The number of hydrogen-bond donors (Lipinski definition) is 2. The predicted molar refractivity (Wildman–Crippen MR) is 185 cm³/mol. The Morgan fingerprint density at radius 2 is 1.60 bits per heavy atom. The molecule has 1 fully saturated rings. The highest BCUT2D eigenvalue weighted by Gasteiger charge is 2.34. The molecule has 11 nitrogen and oxygen atoms in total. The van der Waals surface area contributed by atoms with Gasteiger partial charge in [0.1, 0.15) is 11.5 Å². The first kappa shape index (κ1) is 33.1. The number of nitrogens with zero attached hydrogens (tertiary/aromatic N) is 5. The van der Waals surface area contributed by atoms with Gasteiger partial charge in [-0.05, 0) is 72.7 Å². The maximum absolute atomic E-state index is 13.5. The summed E-state index contributed by atoms with van der Waals surface area (Å²) in [6, 6.07) is 26.8. The molecule has 250 valence electrons. The summed E-state index contributed by atoms with van der Waals surface area (Å²) in [4.78, 5) is 13.2. The van der Waals surface area contributed by atoms with Crippen molar-refractivity contribution >= 4 is 27.6 Å². The second kappa shape index (κ2) is 13.7. The van der Waals surface area contributed by atoms with Gasteiger partial charge in [0.25, 0.3) is 10.0 Å². The number of urea groups is 1. The lowest BCUT2D eigenvalue weighted by molar-refractivity contribution is 0.262. The first-order chi connectivity index (χ1) is 23.0. The van der Waals surface area contributed by atoms with Gasteiger partial charge in [0.15, 0.2) is 0 Å². The minimum absolute atomic E-state index is 0.113. The molecule has 1 aliphatic rings. The molecule has 1 saturated heterocycles. The van der Waals surface area contributed by atoms with E-state index in [1.165, 1.54) is 4.31 Å². The molecule has 0 atom stereocenters. The number of carbonyl (C=O) groups is 1. The van der Waals surface area contributed by atoms with Gasteiger partial charge in [0.2, 0.25) is 5.03 Å². The van der Waals surface area contributed by atoms with E-state index >= 15 is 0 Å². The second-order valence-corrected chi connectivity index (χ2v) is 15.3. The molecule has 12 heteroatoms. The molecule has 3 heterocycles. The minimum Gasteiger partial charge on any atom is -0.308 e. The van der Waals surface area contributed by atoms with Gasteiger partial charge in [-0.2, -0.15) is 9.40 Å². The third-order valence-corrected chi connectivity index (χ3v) is 10.4. The molecule has 48 heavy (non-hydrogen) atoms. The molecule has 0 radical (unpaired) electrons.